The lowest BCUT2D eigenvalue weighted by Crippen LogP contribution is -2.11. The molecule has 0 spiro atoms. The molecular formula is C18H32O6S13. The Hall–Kier alpha value is 3.44. The third kappa shape index (κ3) is 32.2. The van der Waals surface area contributed by atoms with Crippen LogP contribution in [0, 0.1) is 0 Å². The van der Waals surface area contributed by atoms with Gasteiger partial charge in [-0.15, -0.1) is 94.1 Å². The first-order valence-corrected chi connectivity index (χ1v) is 25.1. The smallest absolute Gasteiger partial charge is 0.199 e. The summed E-state index contributed by atoms with van der Waals surface area (Å²) in [4.78, 5) is 35.0. The molecule has 0 aliphatic heterocycles. The van der Waals surface area contributed by atoms with Crippen molar-refractivity contribution in [2.24, 2.45) is 0 Å². The van der Waals surface area contributed by atoms with E-state index in [1.165, 1.54) is 82.3 Å². The van der Waals surface area contributed by atoms with Crippen molar-refractivity contribution in [1.82, 2.24) is 0 Å². The summed E-state index contributed by atoms with van der Waals surface area (Å²) >= 11 is 17.1. The van der Waals surface area contributed by atoms with Gasteiger partial charge in [0.15, 0.2) is 20.4 Å². The van der Waals surface area contributed by atoms with Gasteiger partial charge >= 0.3 is 0 Å². The maximum atomic E-state index is 12.1. The van der Waals surface area contributed by atoms with Crippen molar-refractivity contribution < 1.29 is 29.1 Å². The molecule has 1 unspecified atom stereocenters. The van der Waals surface area contributed by atoms with Gasteiger partial charge in [-0.3, -0.25) is 14.4 Å². The van der Waals surface area contributed by atoms with Crippen LogP contribution in [0.15, 0.2) is 0 Å². The average Bonchev–Trinajstić information content (AvgIpc) is 2.87. The Morgan fingerprint density at radius 2 is 0.946 bits per heavy atom. The highest BCUT2D eigenvalue weighted by Gasteiger charge is 2.08. The molecule has 0 aromatic rings. The van der Waals surface area contributed by atoms with Crippen molar-refractivity contribution >= 4 is 168 Å². The Labute approximate surface area is 275 Å². The Morgan fingerprint density at radius 1 is 0.541 bits per heavy atom. The van der Waals surface area contributed by atoms with Crippen LogP contribution in [0.4, 0.5) is 0 Å². The Morgan fingerprint density at radius 3 is 1.46 bits per heavy atom. The molecular weight excluding hydrogens is 729 g/mol. The molecule has 0 aromatic heterocycles. The van der Waals surface area contributed by atoms with Gasteiger partial charge in [0.25, 0.3) is 0 Å². The number of carbonyl (C=O) groups excluding carboxylic acids is 3. The lowest BCUT2D eigenvalue weighted by atomic mass is 10.9. The quantitative estimate of drug-likeness (QED) is 0.0608. The molecule has 0 saturated carbocycles. The summed E-state index contributed by atoms with van der Waals surface area (Å²) in [7, 11) is 0. The summed E-state index contributed by atoms with van der Waals surface area (Å²) < 4.78 is 12.1. The summed E-state index contributed by atoms with van der Waals surface area (Å²) in [5.41, 5.74) is 0. The SMILES string of the molecule is O=C(CSCSCC[S+]([O-])CSCSCSCSC(=O)CSCSCC(=O)SCSCO)SCSCO. The molecule has 1 atom stereocenters. The van der Waals surface area contributed by atoms with E-state index in [4.69, 9.17) is 10.2 Å². The van der Waals surface area contributed by atoms with Gasteiger partial charge in [0.2, 0.25) is 0 Å². The van der Waals surface area contributed by atoms with Crippen molar-refractivity contribution in [3.63, 3.8) is 0 Å². The van der Waals surface area contributed by atoms with Crippen molar-refractivity contribution in [3.8, 4) is 0 Å². The molecule has 0 aromatic carbocycles. The lowest BCUT2D eigenvalue weighted by molar-refractivity contribution is -0.109. The normalized spacial score (nSPS) is 12.1. The fourth-order valence-corrected chi connectivity index (χ4v) is 15.5. The van der Waals surface area contributed by atoms with Crippen LogP contribution in [0.2, 0.25) is 0 Å². The maximum absolute atomic E-state index is 12.1. The third-order valence-electron chi connectivity index (χ3n) is 3.09. The van der Waals surface area contributed by atoms with Crippen LogP contribution in [-0.4, -0.2) is 111 Å². The zero-order valence-corrected chi connectivity index (χ0v) is 30.6. The molecule has 0 heterocycles. The largest absolute Gasteiger partial charge is 0.616 e. The molecule has 0 rings (SSSR count). The molecule has 0 saturated heterocycles. The van der Waals surface area contributed by atoms with Crippen molar-refractivity contribution in [2.75, 3.05) is 81.3 Å². The van der Waals surface area contributed by atoms with Crippen molar-refractivity contribution in [2.45, 2.75) is 0 Å². The molecule has 0 bridgehead atoms. The predicted octanol–water partition coefficient (Wildman–Crippen LogP) is 5.67. The minimum Gasteiger partial charge on any atom is -0.616 e. The van der Waals surface area contributed by atoms with Crippen LogP contribution in [-0.2, 0) is 25.6 Å². The molecule has 6 nitrogen and oxygen atoms in total. The summed E-state index contributed by atoms with van der Waals surface area (Å²) in [6.45, 7) is 0. The molecule has 0 amide bonds. The van der Waals surface area contributed by atoms with Gasteiger partial charge < -0.3 is 14.8 Å². The highest BCUT2D eigenvalue weighted by atomic mass is 32.3. The fourth-order valence-electron chi connectivity index (χ4n) is 1.60. The molecule has 218 valence electrons. The van der Waals surface area contributed by atoms with E-state index in [0.29, 0.717) is 38.3 Å². The van der Waals surface area contributed by atoms with Crippen LogP contribution in [0.3, 0.4) is 0 Å². The van der Waals surface area contributed by atoms with Gasteiger partial charge in [0, 0.05) is 41.3 Å². The van der Waals surface area contributed by atoms with Crippen LogP contribution >= 0.6 is 141 Å². The van der Waals surface area contributed by atoms with Crippen molar-refractivity contribution in [1.29, 1.82) is 0 Å². The first kappa shape index (κ1) is 40.4. The van der Waals surface area contributed by atoms with Gasteiger partial charge in [-0.1, -0.05) is 47.0 Å². The second-order valence-corrected chi connectivity index (χ2v) is 22.4. The molecule has 37 heavy (non-hydrogen) atoms. The number of carbonyl (C=O) groups is 3. The summed E-state index contributed by atoms with van der Waals surface area (Å²) in [5.74, 6) is 2.92. The molecule has 2 N–H and O–H groups in total. The number of rotatable bonds is 27. The highest BCUT2D eigenvalue weighted by Crippen LogP contribution is 2.24. The Bertz CT molecular complexity index is 578. The molecule has 0 fully saturated rings. The number of thioether (sulfide) groups is 12. The standard InChI is InChI=1S/C18H32O6S13/c19-6-29-12-34-16(21)3-26-8-25-1-2-37(24)15-33-11-31-10-32-14-36-18(23)5-28-9-27-4-17(22)35-13-30-7-20/h19-20H,1-15H2. The number of aliphatic hydroxyl groups excluding tert-OH is 2. The lowest BCUT2D eigenvalue weighted by Gasteiger charge is -2.10. The monoisotopic (exact) mass is 760 g/mol. The van der Waals surface area contributed by atoms with E-state index >= 15 is 0 Å². The zero-order valence-electron chi connectivity index (χ0n) is 19.9. The molecule has 0 radical (unpaired) electrons. The first-order chi connectivity index (χ1) is 18.0. The number of hydrogen-bond donors (Lipinski definition) is 2. The number of aliphatic hydroxyl groups is 2. The van der Waals surface area contributed by atoms with Crippen LogP contribution in [0.1, 0.15) is 0 Å². The van der Waals surface area contributed by atoms with Gasteiger partial charge in [-0.25, -0.2) is 0 Å². The summed E-state index contributed by atoms with van der Waals surface area (Å²) in [6.07, 6.45) is 0. The second kappa shape index (κ2) is 32.4. The van der Waals surface area contributed by atoms with E-state index in [1.54, 1.807) is 58.8 Å². The first-order valence-electron chi connectivity index (χ1n) is 10.2. The van der Waals surface area contributed by atoms with Gasteiger partial charge in [-0.05, 0) is 11.2 Å². The number of hydrogen-bond acceptors (Lipinski definition) is 18. The van der Waals surface area contributed by atoms with Gasteiger partial charge in [-0.2, -0.15) is 0 Å². The summed E-state index contributed by atoms with van der Waals surface area (Å²) in [5, 5.41) is 23.6. The Balaban J connectivity index is 3.37. The van der Waals surface area contributed by atoms with Crippen LogP contribution in [0.25, 0.3) is 0 Å². The van der Waals surface area contributed by atoms with Crippen molar-refractivity contribution in [3.05, 3.63) is 0 Å². The van der Waals surface area contributed by atoms with E-state index in [-0.39, 0.29) is 27.2 Å². The van der Waals surface area contributed by atoms with Gasteiger partial charge in [0.1, 0.15) is 5.75 Å². The average molecular weight is 761 g/mol. The van der Waals surface area contributed by atoms with E-state index in [2.05, 4.69) is 0 Å². The molecule has 0 aliphatic carbocycles. The summed E-state index contributed by atoms with van der Waals surface area (Å²) in [6, 6.07) is 0. The van der Waals surface area contributed by atoms with Gasteiger partial charge in [0.05, 0.1) is 29.1 Å². The predicted molar refractivity (Wildman–Crippen MR) is 192 cm³/mol. The molecule has 0 aliphatic rings. The molecule has 19 heteroatoms. The van der Waals surface area contributed by atoms with E-state index in [9.17, 15) is 18.9 Å². The van der Waals surface area contributed by atoms with E-state index in [1.807, 2.05) is 0 Å². The highest BCUT2D eigenvalue weighted by molar-refractivity contribution is 8.30. The Kier molecular flexibility index (Phi) is 35.4. The minimum atomic E-state index is -0.832. The van der Waals surface area contributed by atoms with Crippen LogP contribution in [0.5, 0.6) is 0 Å². The van der Waals surface area contributed by atoms with Crippen LogP contribution < -0.4 is 0 Å². The fraction of sp³-hybridized carbons (Fsp3) is 0.833. The second-order valence-electron chi connectivity index (χ2n) is 5.87. The maximum Gasteiger partial charge on any atom is 0.199 e. The minimum absolute atomic E-state index is 0.0292. The third-order valence-corrected chi connectivity index (χ3v) is 18.7. The van der Waals surface area contributed by atoms with E-state index in [0.717, 1.165) is 31.2 Å². The van der Waals surface area contributed by atoms with E-state index < -0.39 is 11.2 Å². The zero-order chi connectivity index (χ0) is 27.4. The topological polar surface area (TPSA) is 115 Å².